The van der Waals surface area contributed by atoms with Crippen LogP contribution in [0.25, 0.3) is 0 Å². The first-order valence-electron chi connectivity index (χ1n) is 6.29. The number of para-hydroxylation sites is 1. The SMILES string of the molecule is CC(NC(=O)Oc1ccccc1)C1CCCC1. The number of benzene rings is 1. The number of hydrogen-bond donors (Lipinski definition) is 1. The molecule has 1 aliphatic carbocycles. The van der Waals surface area contributed by atoms with Gasteiger partial charge in [-0.05, 0) is 37.8 Å². The van der Waals surface area contributed by atoms with Crippen LogP contribution >= 0.6 is 0 Å². The number of ether oxygens (including phenoxy) is 1. The second-order valence-corrected chi connectivity index (χ2v) is 4.68. The van der Waals surface area contributed by atoms with Crippen LogP contribution in [-0.4, -0.2) is 12.1 Å². The molecular formula is C14H19NO2. The van der Waals surface area contributed by atoms with Crippen molar-refractivity contribution in [3.8, 4) is 5.75 Å². The number of amides is 1. The second-order valence-electron chi connectivity index (χ2n) is 4.68. The Morgan fingerprint density at radius 3 is 2.59 bits per heavy atom. The van der Waals surface area contributed by atoms with Crippen LogP contribution in [0, 0.1) is 5.92 Å². The molecule has 92 valence electrons. The average molecular weight is 233 g/mol. The van der Waals surface area contributed by atoms with E-state index in [0.29, 0.717) is 11.7 Å². The lowest BCUT2D eigenvalue weighted by molar-refractivity contribution is 0.192. The molecule has 1 aromatic rings. The predicted octanol–water partition coefficient (Wildman–Crippen LogP) is 3.35. The number of hydrogen-bond acceptors (Lipinski definition) is 2. The van der Waals surface area contributed by atoms with E-state index in [1.54, 1.807) is 12.1 Å². The van der Waals surface area contributed by atoms with Crippen LogP contribution in [0.3, 0.4) is 0 Å². The van der Waals surface area contributed by atoms with E-state index in [9.17, 15) is 4.79 Å². The van der Waals surface area contributed by atoms with E-state index >= 15 is 0 Å². The Bertz CT molecular complexity index is 358. The molecule has 0 saturated heterocycles. The quantitative estimate of drug-likeness (QED) is 0.869. The van der Waals surface area contributed by atoms with E-state index in [1.165, 1.54) is 25.7 Å². The molecule has 0 spiro atoms. The van der Waals surface area contributed by atoms with Gasteiger partial charge in [0.25, 0.3) is 0 Å². The van der Waals surface area contributed by atoms with Crippen molar-refractivity contribution in [3.63, 3.8) is 0 Å². The molecule has 1 aromatic carbocycles. The predicted molar refractivity (Wildman–Crippen MR) is 67.0 cm³/mol. The summed E-state index contributed by atoms with van der Waals surface area (Å²) in [6.07, 6.45) is 4.64. The van der Waals surface area contributed by atoms with Gasteiger partial charge in [-0.25, -0.2) is 4.79 Å². The number of carbonyl (C=O) groups is 1. The zero-order valence-electron chi connectivity index (χ0n) is 10.2. The molecule has 1 fully saturated rings. The average Bonchev–Trinajstić information content (AvgIpc) is 2.83. The van der Waals surface area contributed by atoms with Crippen LogP contribution in [0.2, 0.25) is 0 Å². The maximum Gasteiger partial charge on any atom is 0.412 e. The molecule has 1 unspecified atom stereocenters. The summed E-state index contributed by atoms with van der Waals surface area (Å²) in [7, 11) is 0. The largest absolute Gasteiger partial charge is 0.412 e. The normalized spacial score (nSPS) is 17.7. The third-order valence-electron chi connectivity index (χ3n) is 3.41. The highest BCUT2D eigenvalue weighted by Gasteiger charge is 2.23. The van der Waals surface area contributed by atoms with Gasteiger partial charge in [-0.3, -0.25) is 0 Å². The minimum Gasteiger partial charge on any atom is -0.410 e. The molecule has 1 atom stereocenters. The Hall–Kier alpha value is -1.51. The lowest BCUT2D eigenvalue weighted by Gasteiger charge is -2.19. The van der Waals surface area contributed by atoms with E-state index < -0.39 is 0 Å². The van der Waals surface area contributed by atoms with Crippen molar-refractivity contribution >= 4 is 6.09 Å². The highest BCUT2D eigenvalue weighted by atomic mass is 16.6. The van der Waals surface area contributed by atoms with Crippen molar-refractivity contribution in [2.75, 3.05) is 0 Å². The Kier molecular flexibility index (Phi) is 4.02. The van der Waals surface area contributed by atoms with Crippen LogP contribution in [0.5, 0.6) is 5.75 Å². The third kappa shape index (κ3) is 3.48. The fraction of sp³-hybridized carbons (Fsp3) is 0.500. The van der Waals surface area contributed by atoms with Crippen molar-refractivity contribution < 1.29 is 9.53 Å². The molecule has 1 aliphatic rings. The summed E-state index contributed by atoms with van der Waals surface area (Å²) in [6, 6.07) is 9.35. The molecule has 0 heterocycles. The smallest absolute Gasteiger partial charge is 0.410 e. The Morgan fingerprint density at radius 1 is 1.29 bits per heavy atom. The molecule has 2 rings (SSSR count). The lowest BCUT2D eigenvalue weighted by atomic mass is 10.0. The molecule has 0 aromatic heterocycles. The summed E-state index contributed by atoms with van der Waals surface area (Å²) in [6.45, 7) is 2.06. The lowest BCUT2D eigenvalue weighted by Crippen LogP contribution is -2.38. The van der Waals surface area contributed by atoms with Gasteiger partial charge in [0.05, 0.1) is 0 Å². The Labute approximate surface area is 102 Å². The molecule has 17 heavy (non-hydrogen) atoms. The second kappa shape index (κ2) is 5.71. The van der Waals surface area contributed by atoms with Crippen LogP contribution in [0.15, 0.2) is 30.3 Å². The van der Waals surface area contributed by atoms with Crippen molar-refractivity contribution in [3.05, 3.63) is 30.3 Å². The molecule has 3 nitrogen and oxygen atoms in total. The van der Waals surface area contributed by atoms with Gasteiger partial charge in [-0.1, -0.05) is 31.0 Å². The van der Waals surface area contributed by atoms with Gasteiger partial charge in [0.1, 0.15) is 5.75 Å². The molecule has 1 saturated carbocycles. The number of nitrogens with one attached hydrogen (secondary N) is 1. The number of carbonyl (C=O) groups excluding carboxylic acids is 1. The zero-order valence-corrected chi connectivity index (χ0v) is 10.2. The summed E-state index contributed by atoms with van der Waals surface area (Å²) in [5.41, 5.74) is 0. The van der Waals surface area contributed by atoms with Gasteiger partial charge in [0.2, 0.25) is 0 Å². The zero-order chi connectivity index (χ0) is 12.1. The van der Waals surface area contributed by atoms with Gasteiger partial charge in [0.15, 0.2) is 0 Å². The molecule has 1 amide bonds. The molecule has 0 radical (unpaired) electrons. The fourth-order valence-electron chi connectivity index (χ4n) is 2.39. The minimum atomic E-state index is -0.351. The van der Waals surface area contributed by atoms with E-state index in [0.717, 1.165) is 0 Å². The van der Waals surface area contributed by atoms with Gasteiger partial charge in [0, 0.05) is 6.04 Å². The Balaban J connectivity index is 1.80. The van der Waals surface area contributed by atoms with Gasteiger partial charge in [-0.2, -0.15) is 0 Å². The summed E-state index contributed by atoms with van der Waals surface area (Å²) in [5.74, 6) is 1.20. The molecule has 1 N–H and O–H groups in total. The standard InChI is InChI=1S/C14H19NO2/c1-11(12-7-5-6-8-12)15-14(16)17-13-9-3-2-4-10-13/h2-4,9-12H,5-8H2,1H3,(H,15,16). The maximum atomic E-state index is 11.6. The maximum absolute atomic E-state index is 11.6. The first kappa shape index (κ1) is 12.0. The van der Waals surface area contributed by atoms with Gasteiger partial charge >= 0.3 is 6.09 Å². The highest BCUT2D eigenvalue weighted by molar-refractivity contribution is 5.70. The molecule has 0 aliphatic heterocycles. The summed E-state index contributed by atoms with van der Waals surface area (Å²) in [4.78, 5) is 11.6. The van der Waals surface area contributed by atoms with Gasteiger partial charge in [-0.15, -0.1) is 0 Å². The summed E-state index contributed by atoms with van der Waals surface area (Å²) >= 11 is 0. The highest BCUT2D eigenvalue weighted by Crippen LogP contribution is 2.27. The van der Waals surface area contributed by atoms with Crippen molar-refractivity contribution in [2.24, 2.45) is 5.92 Å². The summed E-state index contributed by atoms with van der Waals surface area (Å²) < 4.78 is 5.19. The Morgan fingerprint density at radius 2 is 1.94 bits per heavy atom. The van der Waals surface area contributed by atoms with Crippen molar-refractivity contribution in [1.29, 1.82) is 0 Å². The minimum absolute atomic E-state index is 0.203. The third-order valence-corrected chi connectivity index (χ3v) is 3.41. The topological polar surface area (TPSA) is 38.3 Å². The molecule has 3 heteroatoms. The first-order chi connectivity index (χ1) is 8.25. The van der Waals surface area contributed by atoms with E-state index in [1.807, 2.05) is 18.2 Å². The summed E-state index contributed by atoms with van der Waals surface area (Å²) in [5, 5.41) is 2.91. The monoisotopic (exact) mass is 233 g/mol. The number of rotatable bonds is 3. The van der Waals surface area contributed by atoms with Crippen LogP contribution < -0.4 is 10.1 Å². The van der Waals surface area contributed by atoms with Crippen LogP contribution in [0.1, 0.15) is 32.6 Å². The fourth-order valence-corrected chi connectivity index (χ4v) is 2.39. The van der Waals surface area contributed by atoms with Gasteiger partial charge < -0.3 is 10.1 Å². The molecule has 0 bridgehead atoms. The van der Waals surface area contributed by atoms with Crippen molar-refractivity contribution in [2.45, 2.75) is 38.6 Å². The van der Waals surface area contributed by atoms with Crippen LogP contribution in [0.4, 0.5) is 4.79 Å². The van der Waals surface area contributed by atoms with E-state index in [4.69, 9.17) is 4.74 Å². The van der Waals surface area contributed by atoms with Crippen molar-refractivity contribution in [1.82, 2.24) is 5.32 Å². The molecular weight excluding hydrogens is 214 g/mol. The first-order valence-corrected chi connectivity index (χ1v) is 6.29. The van der Waals surface area contributed by atoms with E-state index in [2.05, 4.69) is 12.2 Å². The van der Waals surface area contributed by atoms with E-state index in [-0.39, 0.29) is 12.1 Å². The van der Waals surface area contributed by atoms with Crippen LogP contribution in [-0.2, 0) is 0 Å².